The highest BCUT2D eigenvalue weighted by Gasteiger charge is 2.24. The molecular weight excluding hydrogens is 601 g/mol. The van der Waals surface area contributed by atoms with E-state index in [-0.39, 0.29) is 29.7 Å². The van der Waals surface area contributed by atoms with Gasteiger partial charge in [0, 0.05) is 42.4 Å². The normalized spacial score (nSPS) is 13.2. The van der Waals surface area contributed by atoms with E-state index in [0.29, 0.717) is 5.56 Å². The maximum Gasteiger partial charge on any atom is 0.136 e. The minimum absolute atomic E-state index is 0.206. The first kappa shape index (κ1) is 22.5. The van der Waals surface area contributed by atoms with Crippen LogP contribution in [-0.2, 0) is 0 Å². The number of furan rings is 1. The lowest BCUT2D eigenvalue weighted by molar-refractivity contribution is 0.669. The van der Waals surface area contributed by atoms with Crippen molar-refractivity contribution in [3.05, 3.63) is 170 Å². The molecular formula is C46H28OS. The predicted octanol–water partition coefficient (Wildman–Crippen LogP) is 13.8. The fourth-order valence-corrected chi connectivity index (χ4v) is 8.84. The Kier molecular flexibility index (Phi) is 5.07. The Bertz CT molecular complexity index is 3040. The molecule has 0 fully saturated rings. The summed E-state index contributed by atoms with van der Waals surface area (Å²) < 4.78 is 50.8. The van der Waals surface area contributed by atoms with Crippen LogP contribution in [-0.4, -0.2) is 0 Å². The fraction of sp³-hybridized carbons (Fsp3) is 0. The fourth-order valence-electron chi connectivity index (χ4n) is 7.42. The molecule has 0 bridgehead atoms. The Labute approximate surface area is 289 Å². The summed E-state index contributed by atoms with van der Waals surface area (Å²) in [5.74, 6) is 0. The van der Waals surface area contributed by atoms with E-state index in [1.54, 1.807) is 11.3 Å². The molecule has 0 amide bonds. The van der Waals surface area contributed by atoms with Crippen LogP contribution in [0.5, 0.6) is 0 Å². The third kappa shape index (κ3) is 4.03. The molecule has 10 aromatic rings. The molecule has 2 aromatic heterocycles. The molecule has 0 saturated heterocycles. The van der Waals surface area contributed by atoms with Gasteiger partial charge in [0.2, 0.25) is 0 Å². The number of benzene rings is 8. The van der Waals surface area contributed by atoms with Crippen LogP contribution in [0.25, 0.3) is 97.4 Å². The number of fused-ring (bicyclic) bond motifs is 6. The summed E-state index contributed by atoms with van der Waals surface area (Å²) in [4.78, 5) is 1.10. The second-order valence-corrected chi connectivity index (χ2v) is 13.0. The largest absolute Gasteiger partial charge is 0.456 e. The Hall–Kier alpha value is -5.96. The summed E-state index contributed by atoms with van der Waals surface area (Å²) in [6, 6.07) is 46.1. The van der Waals surface area contributed by atoms with Gasteiger partial charge in [-0.2, -0.15) is 0 Å². The first-order valence-corrected chi connectivity index (χ1v) is 16.8. The van der Waals surface area contributed by atoms with Crippen molar-refractivity contribution in [2.75, 3.05) is 0 Å². The van der Waals surface area contributed by atoms with Crippen molar-refractivity contribution >= 4 is 64.9 Å². The van der Waals surface area contributed by atoms with Crippen molar-refractivity contribution < 1.29 is 11.3 Å². The number of hydrogen-bond donors (Lipinski definition) is 0. The summed E-state index contributed by atoms with van der Waals surface area (Å²) in [6.45, 7) is 0. The molecule has 0 unspecified atom stereocenters. The standard InChI is InChI=1S/C46H28OS/c1-3-15-29(16-4-1)41-31-19-7-9-21-33(31)44(34-22-10-8-20-32(34)41)46-42(30-17-5-2-6-18-30)38-26-13-25-36(45(38)48-46)35-24-14-28-40-43(35)37-23-11-12-27-39(37)47-40/h1-28H/i1D,3D,4D,15D,16D. The molecule has 0 saturated carbocycles. The van der Waals surface area contributed by atoms with Crippen LogP contribution in [0, 0.1) is 0 Å². The van der Waals surface area contributed by atoms with Crippen molar-refractivity contribution in [3.8, 4) is 43.8 Å². The first-order chi connectivity index (χ1) is 25.9. The summed E-state index contributed by atoms with van der Waals surface area (Å²) in [7, 11) is 0. The monoisotopic (exact) mass is 633 g/mol. The van der Waals surface area contributed by atoms with E-state index in [2.05, 4.69) is 78.9 Å². The van der Waals surface area contributed by atoms with E-state index in [0.717, 1.165) is 86.3 Å². The van der Waals surface area contributed by atoms with Gasteiger partial charge in [0.05, 0.1) is 6.85 Å². The van der Waals surface area contributed by atoms with Crippen molar-refractivity contribution in [2.24, 2.45) is 0 Å². The number of para-hydroxylation sites is 1. The lowest BCUT2D eigenvalue weighted by Gasteiger charge is -2.18. The van der Waals surface area contributed by atoms with E-state index >= 15 is 0 Å². The van der Waals surface area contributed by atoms with Gasteiger partial charge in [-0.05, 0) is 55.9 Å². The molecule has 2 heterocycles. The molecule has 0 aliphatic carbocycles. The molecule has 0 radical (unpaired) electrons. The molecule has 10 rings (SSSR count). The third-order valence-electron chi connectivity index (χ3n) is 9.38. The molecule has 0 atom stereocenters. The zero-order valence-corrected chi connectivity index (χ0v) is 26.4. The minimum Gasteiger partial charge on any atom is -0.456 e. The smallest absolute Gasteiger partial charge is 0.136 e. The van der Waals surface area contributed by atoms with E-state index in [9.17, 15) is 0 Å². The molecule has 48 heavy (non-hydrogen) atoms. The average Bonchev–Trinajstić information content (AvgIpc) is 3.78. The van der Waals surface area contributed by atoms with Crippen LogP contribution < -0.4 is 0 Å². The van der Waals surface area contributed by atoms with E-state index in [1.807, 2.05) is 60.7 Å². The van der Waals surface area contributed by atoms with Crippen molar-refractivity contribution in [1.29, 1.82) is 0 Å². The molecule has 8 aromatic carbocycles. The van der Waals surface area contributed by atoms with Crippen LogP contribution in [0.15, 0.2) is 174 Å². The third-order valence-corrected chi connectivity index (χ3v) is 10.6. The number of thiophene rings is 1. The quantitative estimate of drug-likeness (QED) is 0.176. The first-order valence-electron chi connectivity index (χ1n) is 18.4. The maximum atomic E-state index is 8.98. The van der Waals surface area contributed by atoms with Gasteiger partial charge in [-0.25, -0.2) is 0 Å². The van der Waals surface area contributed by atoms with Gasteiger partial charge in [-0.3, -0.25) is 0 Å². The van der Waals surface area contributed by atoms with Gasteiger partial charge in [0.1, 0.15) is 11.2 Å². The summed E-state index contributed by atoms with van der Waals surface area (Å²) >= 11 is 1.76. The lowest BCUT2D eigenvalue weighted by Crippen LogP contribution is -1.90. The van der Waals surface area contributed by atoms with Gasteiger partial charge < -0.3 is 4.42 Å². The van der Waals surface area contributed by atoms with E-state index in [4.69, 9.17) is 11.3 Å². The molecule has 2 heteroatoms. The molecule has 0 aliphatic rings. The van der Waals surface area contributed by atoms with E-state index in [1.165, 1.54) is 0 Å². The molecule has 0 N–H and O–H groups in total. The Balaban J connectivity index is 1.36. The second kappa shape index (κ2) is 10.8. The lowest BCUT2D eigenvalue weighted by atomic mass is 9.86. The zero-order valence-electron chi connectivity index (χ0n) is 30.6. The van der Waals surface area contributed by atoms with E-state index < -0.39 is 6.04 Å². The highest BCUT2D eigenvalue weighted by atomic mass is 32.1. The van der Waals surface area contributed by atoms with Crippen molar-refractivity contribution in [2.45, 2.75) is 0 Å². The molecule has 1 nitrogen and oxygen atoms in total. The highest BCUT2D eigenvalue weighted by molar-refractivity contribution is 7.23. The van der Waals surface area contributed by atoms with Crippen LogP contribution in [0.4, 0.5) is 0 Å². The Morgan fingerprint density at radius 1 is 0.417 bits per heavy atom. The SMILES string of the molecule is [2H]c1c([2H])c([2H])c(-c2c3ccccc3c(-c3sc4c(-c5cccc6oc7ccccc7c56)cccc4c3-c3ccccc3)c3ccccc23)c([2H])c1[2H]. The highest BCUT2D eigenvalue weighted by Crippen LogP contribution is 2.53. The van der Waals surface area contributed by atoms with Crippen LogP contribution in [0.2, 0.25) is 0 Å². The van der Waals surface area contributed by atoms with Gasteiger partial charge >= 0.3 is 0 Å². The maximum absolute atomic E-state index is 8.98. The second-order valence-electron chi connectivity index (χ2n) is 12.0. The van der Waals surface area contributed by atoms with Gasteiger partial charge in [0.15, 0.2) is 0 Å². The minimum atomic E-state index is -0.401. The summed E-state index contributed by atoms with van der Waals surface area (Å²) in [6.07, 6.45) is 0. The summed E-state index contributed by atoms with van der Waals surface area (Å²) in [5, 5.41) is 6.85. The van der Waals surface area contributed by atoms with Crippen LogP contribution in [0.1, 0.15) is 6.85 Å². The van der Waals surface area contributed by atoms with Gasteiger partial charge in [0.25, 0.3) is 0 Å². The Morgan fingerprint density at radius 2 is 0.979 bits per heavy atom. The van der Waals surface area contributed by atoms with Gasteiger partial charge in [-0.1, -0.05) is 158 Å². The molecule has 0 spiro atoms. The number of rotatable bonds is 4. The average molecular weight is 634 g/mol. The summed E-state index contributed by atoms with van der Waals surface area (Å²) in [5.41, 5.74) is 8.05. The van der Waals surface area contributed by atoms with Gasteiger partial charge in [-0.15, -0.1) is 11.3 Å². The van der Waals surface area contributed by atoms with Crippen LogP contribution in [0.3, 0.4) is 0 Å². The van der Waals surface area contributed by atoms with Crippen LogP contribution >= 0.6 is 11.3 Å². The van der Waals surface area contributed by atoms with Crippen molar-refractivity contribution in [3.63, 3.8) is 0 Å². The molecule has 224 valence electrons. The Morgan fingerprint density at radius 3 is 1.71 bits per heavy atom. The number of hydrogen-bond acceptors (Lipinski definition) is 2. The predicted molar refractivity (Wildman–Crippen MR) is 206 cm³/mol. The molecule has 0 aliphatic heterocycles. The van der Waals surface area contributed by atoms with Crippen molar-refractivity contribution in [1.82, 2.24) is 0 Å². The topological polar surface area (TPSA) is 13.1 Å². The zero-order chi connectivity index (χ0) is 36.0.